The molecule has 0 aliphatic carbocycles. The number of nitrogens with one attached hydrogen (secondary N) is 1. The van der Waals surface area contributed by atoms with Gasteiger partial charge in [-0.25, -0.2) is 4.98 Å². The van der Waals surface area contributed by atoms with Gasteiger partial charge in [0.2, 0.25) is 0 Å². The minimum Gasteiger partial charge on any atom is -0.483 e. The van der Waals surface area contributed by atoms with Gasteiger partial charge in [-0.2, -0.15) is 0 Å². The van der Waals surface area contributed by atoms with Crippen LogP contribution in [-0.4, -0.2) is 42.4 Å². The Morgan fingerprint density at radius 1 is 1.14 bits per heavy atom. The van der Waals surface area contributed by atoms with Crippen LogP contribution in [0.5, 0.6) is 5.75 Å². The third-order valence-electron chi connectivity index (χ3n) is 4.08. The average molecular weight is 474 g/mol. The second-order valence-electron chi connectivity index (χ2n) is 6.43. The molecule has 3 rings (SSSR count). The van der Waals surface area contributed by atoms with Crippen molar-refractivity contribution < 1.29 is 14.3 Å². The number of anilines is 1. The molecule has 0 radical (unpaired) electrons. The number of carbonyl (C=O) groups excluding carboxylic acids is 2. The molecule has 3 aromatic rings. The Hall–Kier alpha value is -2.71. The average Bonchev–Trinajstić information content (AvgIpc) is 3.14. The summed E-state index contributed by atoms with van der Waals surface area (Å²) in [6.45, 7) is -0.134. The van der Waals surface area contributed by atoms with E-state index in [9.17, 15) is 9.59 Å². The first-order chi connectivity index (χ1) is 13.9. The highest BCUT2D eigenvalue weighted by Crippen LogP contribution is 2.26. The number of likely N-dealkylation sites (N-methyl/N-ethyl adjacent to an activating group) is 1. The summed E-state index contributed by atoms with van der Waals surface area (Å²) in [5.41, 5.74) is 1.50. The van der Waals surface area contributed by atoms with Crippen LogP contribution in [0.4, 0.5) is 5.13 Å². The molecule has 29 heavy (non-hydrogen) atoms. The quantitative estimate of drug-likeness (QED) is 0.557. The fourth-order valence-electron chi connectivity index (χ4n) is 2.49. The molecule has 0 spiro atoms. The van der Waals surface area contributed by atoms with Crippen LogP contribution < -0.4 is 10.1 Å². The van der Waals surface area contributed by atoms with Crippen LogP contribution in [0.15, 0.2) is 59.2 Å². The molecule has 0 atom stereocenters. The second kappa shape index (κ2) is 9.67. The van der Waals surface area contributed by atoms with Gasteiger partial charge in [0.25, 0.3) is 11.8 Å². The summed E-state index contributed by atoms with van der Waals surface area (Å²) < 4.78 is 6.58. The summed E-state index contributed by atoms with van der Waals surface area (Å²) in [4.78, 5) is 31.2. The normalized spacial score (nSPS) is 10.4. The Kier molecular flexibility index (Phi) is 7.00. The van der Waals surface area contributed by atoms with Crippen molar-refractivity contribution in [2.45, 2.75) is 6.42 Å². The Balaban J connectivity index is 1.67. The van der Waals surface area contributed by atoms with Gasteiger partial charge < -0.3 is 9.64 Å². The van der Waals surface area contributed by atoms with Crippen molar-refractivity contribution in [3.63, 3.8) is 0 Å². The van der Waals surface area contributed by atoms with Crippen LogP contribution in [0.3, 0.4) is 0 Å². The lowest BCUT2D eigenvalue weighted by Crippen LogP contribution is -2.28. The molecule has 0 bridgehead atoms. The molecule has 0 saturated carbocycles. The molecule has 0 fully saturated rings. The van der Waals surface area contributed by atoms with E-state index in [-0.39, 0.29) is 18.4 Å². The summed E-state index contributed by atoms with van der Waals surface area (Å²) in [5, 5.41) is 3.32. The number of thiazole rings is 1. The molecule has 150 valence electrons. The van der Waals surface area contributed by atoms with E-state index in [1.54, 1.807) is 44.6 Å². The van der Waals surface area contributed by atoms with Gasteiger partial charge in [0, 0.05) is 36.1 Å². The van der Waals surface area contributed by atoms with E-state index in [0.717, 1.165) is 21.3 Å². The first-order valence-electron chi connectivity index (χ1n) is 8.85. The fourth-order valence-corrected chi connectivity index (χ4v) is 3.75. The molecule has 2 amide bonds. The standard InChI is InChI=1S/C21H20BrN3O3S/c1-25(2)19(26)13-28-18-10-6-4-8-16(18)20(27)24-21-23-12-15(29-21)11-14-7-3-5-9-17(14)22/h3-10,12H,11,13H2,1-2H3,(H,23,24,27). The molecule has 0 aliphatic heterocycles. The maximum atomic E-state index is 12.7. The molecule has 1 N–H and O–H groups in total. The lowest BCUT2D eigenvalue weighted by Gasteiger charge is -2.13. The van der Waals surface area contributed by atoms with E-state index in [4.69, 9.17) is 4.74 Å². The highest BCUT2D eigenvalue weighted by atomic mass is 79.9. The number of nitrogens with zero attached hydrogens (tertiary/aromatic N) is 2. The number of benzene rings is 2. The van der Waals surface area contributed by atoms with E-state index < -0.39 is 0 Å². The molecular weight excluding hydrogens is 454 g/mol. The number of amides is 2. The summed E-state index contributed by atoms with van der Waals surface area (Å²) >= 11 is 4.97. The SMILES string of the molecule is CN(C)C(=O)COc1ccccc1C(=O)Nc1ncc(Cc2ccccc2Br)s1. The van der Waals surface area contributed by atoms with Crippen molar-refractivity contribution >= 4 is 44.2 Å². The minimum absolute atomic E-state index is 0.134. The number of hydrogen-bond acceptors (Lipinski definition) is 5. The van der Waals surface area contributed by atoms with Crippen LogP contribution in [-0.2, 0) is 11.2 Å². The molecule has 2 aromatic carbocycles. The molecule has 8 heteroatoms. The van der Waals surface area contributed by atoms with Gasteiger partial charge >= 0.3 is 0 Å². The van der Waals surface area contributed by atoms with E-state index in [1.807, 2.05) is 24.3 Å². The third-order valence-corrected chi connectivity index (χ3v) is 5.76. The fraction of sp³-hybridized carbons (Fsp3) is 0.190. The van der Waals surface area contributed by atoms with Crippen molar-refractivity contribution in [1.82, 2.24) is 9.88 Å². The predicted octanol–water partition coefficient (Wildman–Crippen LogP) is 4.22. The topological polar surface area (TPSA) is 71.5 Å². The molecule has 6 nitrogen and oxygen atoms in total. The number of hydrogen-bond donors (Lipinski definition) is 1. The Morgan fingerprint density at radius 2 is 1.86 bits per heavy atom. The lowest BCUT2D eigenvalue weighted by atomic mass is 10.1. The van der Waals surface area contributed by atoms with Crippen molar-refractivity contribution in [1.29, 1.82) is 0 Å². The van der Waals surface area contributed by atoms with E-state index >= 15 is 0 Å². The van der Waals surface area contributed by atoms with Crippen molar-refractivity contribution in [2.24, 2.45) is 0 Å². The molecule has 1 aromatic heterocycles. The van der Waals surface area contributed by atoms with Gasteiger partial charge in [-0.3, -0.25) is 14.9 Å². The Morgan fingerprint density at radius 3 is 2.62 bits per heavy atom. The monoisotopic (exact) mass is 473 g/mol. The molecule has 0 saturated heterocycles. The largest absolute Gasteiger partial charge is 0.483 e. The smallest absolute Gasteiger partial charge is 0.261 e. The van der Waals surface area contributed by atoms with Gasteiger partial charge in [-0.15, -0.1) is 11.3 Å². The lowest BCUT2D eigenvalue weighted by molar-refractivity contribution is -0.130. The van der Waals surface area contributed by atoms with E-state index in [0.29, 0.717) is 16.4 Å². The van der Waals surface area contributed by atoms with Crippen LogP contribution >= 0.6 is 27.3 Å². The number of aromatic nitrogens is 1. The number of ether oxygens (including phenoxy) is 1. The number of rotatable bonds is 7. The molecular formula is C21H20BrN3O3S. The van der Waals surface area contributed by atoms with Gasteiger partial charge in [0.1, 0.15) is 5.75 Å². The van der Waals surface area contributed by atoms with Gasteiger partial charge in [-0.1, -0.05) is 46.3 Å². The minimum atomic E-state index is -0.334. The van der Waals surface area contributed by atoms with Gasteiger partial charge in [-0.05, 0) is 23.8 Å². The van der Waals surface area contributed by atoms with E-state index in [2.05, 4.69) is 26.2 Å². The van der Waals surface area contributed by atoms with Gasteiger partial charge in [0.05, 0.1) is 5.56 Å². The Bertz CT molecular complexity index is 1020. The summed E-state index contributed by atoms with van der Waals surface area (Å²) in [6.07, 6.45) is 2.49. The van der Waals surface area contributed by atoms with Crippen LogP contribution in [0.25, 0.3) is 0 Å². The van der Waals surface area contributed by atoms with Crippen molar-refractivity contribution in [2.75, 3.05) is 26.0 Å². The number of halogens is 1. The van der Waals surface area contributed by atoms with Crippen molar-refractivity contribution in [3.8, 4) is 5.75 Å². The third kappa shape index (κ3) is 5.65. The van der Waals surface area contributed by atoms with Crippen molar-refractivity contribution in [3.05, 3.63) is 75.2 Å². The maximum Gasteiger partial charge on any atom is 0.261 e. The summed E-state index contributed by atoms with van der Waals surface area (Å²) in [7, 11) is 3.30. The van der Waals surface area contributed by atoms with Crippen LogP contribution in [0.2, 0.25) is 0 Å². The van der Waals surface area contributed by atoms with Crippen LogP contribution in [0, 0.1) is 0 Å². The number of carbonyl (C=O) groups is 2. The zero-order valence-electron chi connectivity index (χ0n) is 16.0. The van der Waals surface area contributed by atoms with Gasteiger partial charge in [0.15, 0.2) is 11.7 Å². The second-order valence-corrected chi connectivity index (χ2v) is 8.40. The highest BCUT2D eigenvalue weighted by Gasteiger charge is 2.16. The van der Waals surface area contributed by atoms with Crippen LogP contribution in [0.1, 0.15) is 20.8 Å². The highest BCUT2D eigenvalue weighted by molar-refractivity contribution is 9.10. The summed E-state index contributed by atoms with van der Waals surface area (Å²) in [5.74, 6) is -0.165. The predicted molar refractivity (Wildman–Crippen MR) is 118 cm³/mol. The Labute approximate surface area is 181 Å². The maximum absolute atomic E-state index is 12.7. The first kappa shape index (κ1) is 21.0. The summed E-state index contributed by atoms with van der Waals surface area (Å²) in [6, 6.07) is 14.8. The first-order valence-corrected chi connectivity index (χ1v) is 10.5. The molecule has 0 aliphatic rings. The molecule has 1 heterocycles. The molecule has 0 unspecified atom stereocenters. The zero-order chi connectivity index (χ0) is 20.8. The van der Waals surface area contributed by atoms with E-state index in [1.165, 1.54) is 16.2 Å². The number of para-hydroxylation sites is 1. The zero-order valence-corrected chi connectivity index (χ0v) is 18.4.